The van der Waals surface area contributed by atoms with E-state index in [2.05, 4.69) is 39.0 Å². The minimum absolute atomic E-state index is 0.353. The number of rotatable bonds is 6. The Morgan fingerprint density at radius 3 is 2.62 bits per heavy atom. The summed E-state index contributed by atoms with van der Waals surface area (Å²) in [6.45, 7) is 6.42. The van der Waals surface area contributed by atoms with Gasteiger partial charge >= 0.3 is 0 Å². The number of benzene rings is 1. The Morgan fingerprint density at radius 1 is 1.25 bits per heavy atom. The van der Waals surface area contributed by atoms with Crippen molar-refractivity contribution in [3.05, 3.63) is 29.3 Å². The molecule has 1 rings (SSSR count). The van der Waals surface area contributed by atoms with E-state index in [1.54, 1.807) is 0 Å². The zero-order valence-electron chi connectivity index (χ0n) is 10.6. The summed E-state index contributed by atoms with van der Waals surface area (Å²) in [5.41, 5.74) is 8.47. The lowest BCUT2D eigenvalue weighted by Crippen LogP contribution is -2.13. The van der Waals surface area contributed by atoms with E-state index in [1.807, 2.05) is 11.8 Å². The van der Waals surface area contributed by atoms with E-state index in [1.165, 1.54) is 34.6 Å². The van der Waals surface area contributed by atoms with Crippen molar-refractivity contribution >= 4 is 11.8 Å². The highest BCUT2D eigenvalue weighted by Gasteiger charge is 2.00. The summed E-state index contributed by atoms with van der Waals surface area (Å²) in [7, 11) is 0. The molecule has 0 aromatic heterocycles. The molecule has 2 N–H and O–H groups in total. The largest absolute Gasteiger partial charge is 0.328 e. The van der Waals surface area contributed by atoms with E-state index in [0.717, 1.165) is 6.42 Å². The highest BCUT2D eigenvalue weighted by atomic mass is 32.2. The maximum absolute atomic E-state index is 5.72. The van der Waals surface area contributed by atoms with Gasteiger partial charge in [-0.25, -0.2) is 0 Å². The van der Waals surface area contributed by atoms with Crippen molar-refractivity contribution in [2.24, 2.45) is 5.73 Å². The smallest absolute Gasteiger partial charge is 0.0101 e. The molecule has 2 heteroatoms. The molecule has 0 aliphatic carbocycles. The Hall–Kier alpha value is -0.470. The summed E-state index contributed by atoms with van der Waals surface area (Å²) in [6, 6.07) is 7.04. The van der Waals surface area contributed by atoms with Gasteiger partial charge in [0.15, 0.2) is 0 Å². The number of unbranched alkanes of at least 4 members (excludes halogenated alkanes) is 1. The fraction of sp³-hybridized carbons (Fsp3) is 0.571. The van der Waals surface area contributed by atoms with Crippen molar-refractivity contribution in [1.29, 1.82) is 0 Å². The third-order valence-electron chi connectivity index (χ3n) is 2.64. The van der Waals surface area contributed by atoms with Gasteiger partial charge < -0.3 is 5.73 Å². The fourth-order valence-corrected chi connectivity index (χ4v) is 2.73. The van der Waals surface area contributed by atoms with Gasteiger partial charge in [0.25, 0.3) is 0 Å². The number of thioether (sulfide) groups is 1. The summed E-state index contributed by atoms with van der Waals surface area (Å²) in [4.78, 5) is 1.42. The van der Waals surface area contributed by atoms with E-state index in [-0.39, 0.29) is 0 Å². The molecule has 16 heavy (non-hydrogen) atoms. The molecule has 0 aliphatic rings. The molecule has 0 aliphatic heterocycles. The predicted octanol–water partition coefficient (Wildman–Crippen LogP) is 3.91. The van der Waals surface area contributed by atoms with Gasteiger partial charge in [-0.3, -0.25) is 0 Å². The third-order valence-corrected chi connectivity index (χ3v) is 3.90. The second-order valence-electron chi connectivity index (χ2n) is 4.59. The van der Waals surface area contributed by atoms with Crippen LogP contribution in [0.1, 0.15) is 37.3 Å². The molecular formula is C14H23NS. The zero-order valence-corrected chi connectivity index (χ0v) is 11.4. The van der Waals surface area contributed by atoms with Crippen molar-refractivity contribution in [3.63, 3.8) is 0 Å². The highest BCUT2D eigenvalue weighted by Crippen LogP contribution is 2.24. The molecule has 0 amide bonds. The normalized spacial score (nSPS) is 12.8. The molecule has 0 fully saturated rings. The molecule has 1 atom stereocenters. The lowest BCUT2D eigenvalue weighted by Gasteiger charge is -2.07. The SMILES string of the molecule is Cc1ccc(SCCCCC(C)N)c(C)c1. The maximum atomic E-state index is 5.72. The van der Waals surface area contributed by atoms with Crippen LogP contribution in [0.25, 0.3) is 0 Å². The Kier molecular flexibility index (Phi) is 5.93. The number of aryl methyl sites for hydroxylation is 2. The van der Waals surface area contributed by atoms with E-state index >= 15 is 0 Å². The van der Waals surface area contributed by atoms with Crippen LogP contribution in [-0.2, 0) is 0 Å². The molecule has 1 aromatic carbocycles. The van der Waals surface area contributed by atoms with Gasteiger partial charge in [0.1, 0.15) is 0 Å². The van der Waals surface area contributed by atoms with Crippen molar-refractivity contribution in [1.82, 2.24) is 0 Å². The quantitative estimate of drug-likeness (QED) is 0.599. The minimum Gasteiger partial charge on any atom is -0.328 e. The summed E-state index contributed by atoms with van der Waals surface area (Å²) in [6.07, 6.45) is 3.66. The molecule has 0 bridgehead atoms. The zero-order chi connectivity index (χ0) is 12.0. The second-order valence-corrected chi connectivity index (χ2v) is 5.73. The molecule has 1 unspecified atom stereocenters. The van der Waals surface area contributed by atoms with E-state index in [4.69, 9.17) is 5.73 Å². The summed E-state index contributed by atoms with van der Waals surface area (Å²) >= 11 is 1.97. The summed E-state index contributed by atoms with van der Waals surface area (Å²) in [5, 5.41) is 0. The Morgan fingerprint density at radius 2 is 2.00 bits per heavy atom. The van der Waals surface area contributed by atoms with Crippen molar-refractivity contribution in [2.45, 2.75) is 51.0 Å². The Labute approximate surface area is 104 Å². The molecular weight excluding hydrogens is 214 g/mol. The molecule has 0 heterocycles. The number of hydrogen-bond acceptors (Lipinski definition) is 2. The predicted molar refractivity (Wildman–Crippen MR) is 74.1 cm³/mol. The van der Waals surface area contributed by atoms with Crippen molar-refractivity contribution in [2.75, 3.05) is 5.75 Å². The van der Waals surface area contributed by atoms with Gasteiger partial charge in [0.2, 0.25) is 0 Å². The van der Waals surface area contributed by atoms with Crippen LogP contribution in [-0.4, -0.2) is 11.8 Å². The molecule has 0 saturated carbocycles. The standard InChI is InChI=1S/C14H23NS/c1-11-7-8-14(12(2)10-11)16-9-5-4-6-13(3)15/h7-8,10,13H,4-6,9,15H2,1-3H3. The van der Waals surface area contributed by atoms with Crippen LogP contribution >= 0.6 is 11.8 Å². The summed E-state index contributed by atoms with van der Waals surface area (Å²) in [5.74, 6) is 1.20. The Balaban J connectivity index is 2.27. The van der Waals surface area contributed by atoms with Crippen LogP contribution in [0.5, 0.6) is 0 Å². The van der Waals surface area contributed by atoms with E-state index in [0.29, 0.717) is 6.04 Å². The van der Waals surface area contributed by atoms with Gasteiger partial charge in [0.05, 0.1) is 0 Å². The van der Waals surface area contributed by atoms with E-state index in [9.17, 15) is 0 Å². The van der Waals surface area contributed by atoms with Gasteiger partial charge in [-0.15, -0.1) is 11.8 Å². The summed E-state index contributed by atoms with van der Waals surface area (Å²) < 4.78 is 0. The molecule has 90 valence electrons. The van der Waals surface area contributed by atoms with E-state index < -0.39 is 0 Å². The first kappa shape index (κ1) is 13.6. The fourth-order valence-electron chi connectivity index (χ4n) is 1.71. The van der Waals surface area contributed by atoms with Crippen LogP contribution in [0, 0.1) is 13.8 Å². The van der Waals surface area contributed by atoms with Crippen LogP contribution < -0.4 is 5.73 Å². The monoisotopic (exact) mass is 237 g/mol. The third kappa shape index (κ3) is 5.04. The molecule has 0 radical (unpaired) electrons. The maximum Gasteiger partial charge on any atom is 0.0101 e. The number of hydrogen-bond donors (Lipinski definition) is 1. The van der Waals surface area contributed by atoms with Crippen molar-refractivity contribution in [3.8, 4) is 0 Å². The Bertz CT molecular complexity index is 321. The first-order chi connectivity index (χ1) is 7.59. The molecule has 0 saturated heterocycles. The average molecular weight is 237 g/mol. The van der Waals surface area contributed by atoms with Crippen LogP contribution in [0.2, 0.25) is 0 Å². The van der Waals surface area contributed by atoms with Crippen LogP contribution in [0.3, 0.4) is 0 Å². The van der Waals surface area contributed by atoms with Crippen molar-refractivity contribution < 1.29 is 0 Å². The lowest BCUT2D eigenvalue weighted by atomic mass is 10.2. The van der Waals surface area contributed by atoms with Gasteiger partial charge in [0, 0.05) is 10.9 Å². The highest BCUT2D eigenvalue weighted by molar-refractivity contribution is 7.99. The molecule has 1 nitrogen and oxygen atoms in total. The van der Waals surface area contributed by atoms with Crippen LogP contribution in [0.15, 0.2) is 23.1 Å². The van der Waals surface area contributed by atoms with Gasteiger partial charge in [-0.2, -0.15) is 0 Å². The van der Waals surface area contributed by atoms with Gasteiger partial charge in [-0.05, 0) is 51.0 Å². The number of nitrogens with two attached hydrogens (primary N) is 1. The average Bonchev–Trinajstić information content (AvgIpc) is 2.20. The minimum atomic E-state index is 0.353. The molecule has 0 spiro atoms. The van der Waals surface area contributed by atoms with Gasteiger partial charge in [-0.1, -0.05) is 24.1 Å². The first-order valence-corrected chi connectivity index (χ1v) is 7.04. The first-order valence-electron chi connectivity index (χ1n) is 6.05. The topological polar surface area (TPSA) is 26.0 Å². The second kappa shape index (κ2) is 6.97. The lowest BCUT2D eigenvalue weighted by molar-refractivity contribution is 0.618. The van der Waals surface area contributed by atoms with Crippen LogP contribution in [0.4, 0.5) is 0 Å². The molecule has 1 aromatic rings.